The number of benzene rings is 1. The van der Waals surface area contributed by atoms with Crippen LogP contribution in [0.15, 0.2) is 36.6 Å². The highest BCUT2D eigenvalue weighted by atomic mass is 79.9. The minimum absolute atomic E-state index is 0.0407. The minimum Gasteiger partial charge on any atom is -0.444 e. The number of nitrogens with one attached hydrogen (secondary N) is 2. The maximum atomic E-state index is 13.6. The van der Waals surface area contributed by atoms with Crippen molar-refractivity contribution in [1.82, 2.24) is 25.4 Å². The van der Waals surface area contributed by atoms with E-state index in [0.29, 0.717) is 18.8 Å². The number of aromatic nitrogens is 4. The molecule has 1 amide bonds. The van der Waals surface area contributed by atoms with Crippen LogP contribution >= 0.6 is 15.9 Å². The molecule has 11 nitrogen and oxygen atoms in total. The largest absolute Gasteiger partial charge is 0.446 e. The van der Waals surface area contributed by atoms with E-state index in [1.807, 2.05) is 0 Å². The molecule has 0 aliphatic heterocycles. The fraction of sp³-hybridized carbons (Fsp3) is 0.450. The van der Waals surface area contributed by atoms with Gasteiger partial charge in [0.15, 0.2) is 5.69 Å². The van der Waals surface area contributed by atoms with E-state index in [9.17, 15) is 14.0 Å². The Kier molecular flexibility index (Phi) is 5.99. The van der Waals surface area contributed by atoms with E-state index in [2.05, 4.69) is 42.0 Å². The van der Waals surface area contributed by atoms with Gasteiger partial charge in [0.1, 0.15) is 11.4 Å². The third kappa shape index (κ3) is 5.24. The van der Waals surface area contributed by atoms with Gasteiger partial charge < -0.3 is 15.4 Å². The fourth-order valence-corrected chi connectivity index (χ4v) is 3.51. The molecule has 3 aromatic rings. The first-order chi connectivity index (χ1) is 15.6. The van der Waals surface area contributed by atoms with Crippen molar-refractivity contribution in [2.24, 2.45) is 5.41 Å². The number of ether oxygens (including phenoxy) is 1. The summed E-state index contributed by atoms with van der Waals surface area (Å²) in [5, 5.41) is 17.5. The molecular weight excluding hydrogens is 503 g/mol. The first kappa shape index (κ1) is 23.0. The van der Waals surface area contributed by atoms with Crippen LogP contribution in [-0.2, 0) is 4.74 Å². The maximum absolute atomic E-state index is 13.6. The Hall–Kier alpha value is -3.22. The van der Waals surface area contributed by atoms with Crippen LogP contribution in [0.1, 0.15) is 33.6 Å². The molecule has 1 aliphatic carbocycles. The summed E-state index contributed by atoms with van der Waals surface area (Å²) in [6, 6.07) is 4.03. The number of carbonyl (C=O) groups is 1. The molecule has 0 radical (unpaired) electrons. The summed E-state index contributed by atoms with van der Waals surface area (Å²) in [7, 11) is 0. The molecule has 176 valence electrons. The standard InChI is InChI=1S/C20H22BrFN6O5/c1-19(2,3)31-17(29)24-10-20(6-7-20)9-23-15-14(25-33-26-15)16-27-32-18(30)28(16)11-4-5-13(22)12(21)8-11/h4-5,8H,6-7,9-10H2,1-3H3,(H,23,26)(H,24,29). The Labute approximate surface area is 195 Å². The van der Waals surface area contributed by atoms with E-state index in [1.54, 1.807) is 20.8 Å². The van der Waals surface area contributed by atoms with Crippen LogP contribution < -0.4 is 16.4 Å². The Morgan fingerprint density at radius 3 is 2.70 bits per heavy atom. The van der Waals surface area contributed by atoms with Crippen LogP contribution in [0.4, 0.5) is 15.0 Å². The number of halogens is 2. The van der Waals surface area contributed by atoms with Crippen LogP contribution in [0.3, 0.4) is 0 Å². The average molecular weight is 525 g/mol. The lowest BCUT2D eigenvalue weighted by atomic mass is 10.1. The lowest BCUT2D eigenvalue weighted by Crippen LogP contribution is -2.37. The number of hydrogen-bond donors (Lipinski definition) is 2. The lowest BCUT2D eigenvalue weighted by Gasteiger charge is -2.22. The Morgan fingerprint density at radius 1 is 1.27 bits per heavy atom. The van der Waals surface area contributed by atoms with E-state index in [0.717, 1.165) is 17.4 Å². The highest BCUT2D eigenvalue weighted by Gasteiger charge is 2.43. The van der Waals surface area contributed by atoms with Gasteiger partial charge in [-0.05, 0) is 78.1 Å². The molecule has 2 aromatic heterocycles. The van der Waals surface area contributed by atoms with Crippen LogP contribution in [0.25, 0.3) is 17.2 Å². The first-order valence-electron chi connectivity index (χ1n) is 10.1. The van der Waals surface area contributed by atoms with Gasteiger partial charge in [0.05, 0.1) is 10.2 Å². The van der Waals surface area contributed by atoms with Crippen LogP contribution in [-0.4, -0.2) is 44.8 Å². The summed E-state index contributed by atoms with van der Waals surface area (Å²) in [5.74, 6) is -0.969. The normalized spacial score (nSPS) is 14.7. The monoisotopic (exact) mass is 524 g/mol. The second-order valence-corrected chi connectivity index (χ2v) is 9.73. The summed E-state index contributed by atoms with van der Waals surface area (Å²) >= 11 is 3.10. The third-order valence-electron chi connectivity index (χ3n) is 5.06. The number of carbonyl (C=O) groups excluding carboxylic acids is 1. The molecule has 1 aliphatic rings. The predicted molar refractivity (Wildman–Crippen MR) is 117 cm³/mol. The predicted octanol–water partition coefficient (Wildman–Crippen LogP) is 3.49. The number of amides is 1. The Balaban J connectivity index is 1.48. The summed E-state index contributed by atoms with van der Waals surface area (Å²) in [6.07, 6.45) is 1.32. The topological polar surface area (TPSA) is 137 Å². The number of hydrogen-bond acceptors (Lipinski definition) is 9. The Morgan fingerprint density at radius 2 is 2.03 bits per heavy atom. The zero-order valence-corrected chi connectivity index (χ0v) is 19.7. The molecule has 0 bridgehead atoms. The fourth-order valence-electron chi connectivity index (χ4n) is 3.14. The van der Waals surface area contributed by atoms with E-state index in [1.165, 1.54) is 18.2 Å². The van der Waals surface area contributed by atoms with Crippen LogP contribution in [0.2, 0.25) is 0 Å². The number of nitrogens with zero attached hydrogens (tertiary/aromatic N) is 4. The highest BCUT2D eigenvalue weighted by molar-refractivity contribution is 9.10. The summed E-state index contributed by atoms with van der Waals surface area (Å²) in [4.78, 5) is 24.2. The van der Waals surface area contributed by atoms with Gasteiger partial charge in [-0.15, -0.1) is 0 Å². The summed E-state index contributed by atoms with van der Waals surface area (Å²) in [6.45, 7) is 6.29. The first-order valence-corrected chi connectivity index (χ1v) is 10.9. The van der Waals surface area contributed by atoms with Crippen molar-refractivity contribution in [1.29, 1.82) is 0 Å². The maximum Gasteiger partial charge on any atom is 0.446 e. The molecule has 2 heterocycles. The van der Waals surface area contributed by atoms with Crippen molar-refractivity contribution in [3.8, 4) is 17.2 Å². The molecule has 0 saturated heterocycles. The zero-order chi connectivity index (χ0) is 23.8. The molecule has 0 unspecified atom stereocenters. The molecule has 0 spiro atoms. The third-order valence-corrected chi connectivity index (χ3v) is 5.67. The molecule has 4 rings (SSSR count). The molecule has 0 atom stereocenters. The highest BCUT2D eigenvalue weighted by Crippen LogP contribution is 2.45. The van der Waals surface area contributed by atoms with Crippen molar-refractivity contribution < 1.29 is 23.1 Å². The van der Waals surface area contributed by atoms with Gasteiger partial charge in [-0.25, -0.2) is 23.2 Å². The molecule has 1 aromatic carbocycles. The zero-order valence-electron chi connectivity index (χ0n) is 18.1. The van der Waals surface area contributed by atoms with E-state index in [4.69, 9.17) is 13.9 Å². The summed E-state index contributed by atoms with van der Waals surface area (Å²) < 4.78 is 29.9. The molecule has 13 heteroatoms. The van der Waals surface area contributed by atoms with Crippen molar-refractivity contribution in [3.05, 3.63) is 39.0 Å². The quantitative estimate of drug-likeness (QED) is 0.475. The lowest BCUT2D eigenvalue weighted by molar-refractivity contribution is 0.0517. The van der Waals surface area contributed by atoms with Gasteiger partial charge in [0.25, 0.3) is 0 Å². The van der Waals surface area contributed by atoms with E-state index >= 15 is 0 Å². The second kappa shape index (κ2) is 8.61. The molecule has 1 saturated carbocycles. The smallest absolute Gasteiger partial charge is 0.444 e. The van der Waals surface area contributed by atoms with Crippen molar-refractivity contribution in [2.75, 3.05) is 18.4 Å². The minimum atomic E-state index is -0.780. The molecule has 33 heavy (non-hydrogen) atoms. The van der Waals surface area contributed by atoms with Gasteiger partial charge in [-0.1, -0.05) is 5.16 Å². The number of anilines is 1. The van der Waals surface area contributed by atoms with Crippen molar-refractivity contribution in [3.63, 3.8) is 0 Å². The van der Waals surface area contributed by atoms with Crippen molar-refractivity contribution >= 4 is 27.8 Å². The Bertz CT molecular complexity index is 1230. The number of alkyl carbamates (subject to hydrolysis) is 1. The van der Waals surface area contributed by atoms with Gasteiger partial charge in [-0.2, -0.15) is 0 Å². The SMILES string of the molecule is CC(C)(C)OC(=O)NCC1(CNc2nonc2-c2noc(=O)n2-c2ccc(F)c(Br)c2)CC1. The van der Waals surface area contributed by atoms with E-state index in [-0.39, 0.29) is 27.2 Å². The van der Waals surface area contributed by atoms with E-state index < -0.39 is 23.3 Å². The van der Waals surface area contributed by atoms with Gasteiger partial charge >= 0.3 is 11.8 Å². The van der Waals surface area contributed by atoms with Gasteiger partial charge in [0, 0.05) is 18.5 Å². The van der Waals surface area contributed by atoms with Gasteiger partial charge in [-0.3, -0.25) is 4.52 Å². The average Bonchev–Trinajstić information content (AvgIpc) is 3.17. The number of rotatable bonds is 7. The molecule has 1 fully saturated rings. The molecule has 2 N–H and O–H groups in total. The molecular formula is C20H22BrFN6O5. The second-order valence-electron chi connectivity index (χ2n) is 8.88. The van der Waals surface area contributed by atoms with Gasteiger partial charge in [0.2, 0.25) is 11.6 Å². The van der Waals surface area contributed by atoms with Crippen LogP contribution in [0, 0.1) is 11.2 Å². The summed E-state index contributed by atoms with van der Waals surface area (Å²) in [5.41, 5.74) is -0.275. The van der Waals surface area contributed by atoms with Crippen molar-refractivity contribution in [2.45, 2.75) is 39.2 Å². The van der Waals surface area contributed by atoms with Crippen LogP contribution in [0.5, 0.6) is 0 Å².